The van der Waals surface area contributed by atoms with Crippen LogP contribution in [-0.4, -0.2) is 13.1 Å². The second-order valence-electron chi connectivity index (χ2n) is 4.72. The molecule has 102 valence electrons. The van der Waals surface area contributed by atoms with E-state index in [1.807, 2.05) is 24.3 Å². The normalized spacial score (nSPS) is 12.3. The molecular weight excluding hydrogens is 258 g/mol. The molecule has 0 unspecified atom stereocenters. The van der Waals surface area contributed by atoms with Crippen LogP contribution in [0.2, 0.25) is 5.02 Å². The third-order valence-corrected chi connectivity index (χ3v) is 3.30. The maximum atomic E-state index is 5.98. The number of nitrogens with one attached hydrogen (secondary N) is 1. The van der Waals surface area contributed by atoms with Crippen molar-refractivity contribution in [3.63, 3.8) is 0 Å². The lowest BCUT2D eigenvalue weighted by atomic mass is 10.1. The Balaban J connectivity index is 2.04. The summed E-state index contributed by atoms with van der Waals surface area (Å²) in [6.07, 6.45) is 4.40. The van der Waals surface area contributed by atoms with Crippen molar-refractivity contribution in [2.75, 3.05) is 13.1 Å². The summed E-state index contributed by atoms with van der Waals surface area (Å²) in [6, 6.07) is 7.74. The van der Waals surface area contributed by atoms with Gasteiger partial charge in [-0.2, -0.15) is 0 Å². The number of rotatable bonds is 6. The lowest BCUT2D eigenvalue weighted by Crippen LogP contribution is -2.15. The zero-order valence-electron chi connectivity index (χ0n) is 11.5. The van der Waals surface area contributed by atoms with E-state index < -0.39 is 0 Å². The quantitative estimate of drug-likeness (QED) is 0.761. The summed E-state index contributed by atoms with van der Waals surface area (Å²) in [5, 5.41) is 5.18. The van der Waals surface area contributed by atoms with Gasteiger partial charge in [0.15, 0.2) is 0 Å². The fourth-order valence-corrected chi connectivity index (χ4v) is 2.18. The van der Waals surface area contributed by atoms with E-state index >= 15 is 0 Å². The molecule has 0 aliphatic carbocycles. The van der Waals surface area contributed by atoms with Crippen LogP contribution in [0, 0.1) is 0 Å². The van der Waals surface area contributed by atoms with Crippen LogP contribution < -0.4 is 5.32 Å². The average Bonchev–Trinajstić information content (AvgIpc) is 2.81. The van der Waals surface area contributed by atoms with Gasteiger partial charge in [0.05, 0.1) is 0 Å². The topological polar surface area (TPSA) is 25.2 Å². The molecule has 2 aromatic rings. The predicted molar refractivity (Wildman–Crippen MR) is 82.7 cm³/mol. The van der Waals surface area contributed by atoms with E-state index in [0.717, 1.165) is 41.3 Å². The second-order valence-corrected chi connectivity index (χ2v) is 5.16. The fourth-order valence-electron chi connectivity index (χ4n) is 2.00. The van der Waals surface area contributed by atoms with Crippen molar-refractivity contribution in [2.45, 2.75) is 26.7 Å². The number of halogens is 1. The van der Waals surface area contributed by atoms with Gasteiger partial charge in [0.25, 0.3) is 0 Å². The lowest BCUT2D eigenvalue weighted by Gasteiger charge is -2.00. The van der Waals surface area contributed by atoms with Crippen LogP contribution in [0.4, 0.5) is 0 Å². The van der Waals surface area contributed by atoms with Crippen molar-refractivity contribution in [3.8, 4) is 0 Å². The van der Waals surface area contributed by atoms with Crippen molar-refractivity contribution >= 4 is 28.1 Å². The van der Waals surface area contributed by atoms with E-state index in [-0.39, 0.29) is 0 Å². The molecule has 0 bridgehead atoms. The molecule has 2 rings (SSSR count). The van der Waals surface area contributed by atoms with Gasteiger partial charge in [-0.05, 0) is 62.7 Å². The van der Waals surface area contributed by atoms with E-state index in [2.05, 4.69) is 25.2 Å². The largest absolute Gasteiger partial charge is 0.456 e. The third kappa shape index (κ3) is 3.85. The van der Waals surface area contributed by atoms with E-state index in [1.165, 1.54) is 12.0 Å². The van der Waals surface area contributed by atoms with Gasteiger partial charge in [-0.15, -0.1) is 0 Å². The maximum absolute atomic E-state index is 5.98. The first-order chi connectivity index (χ1) is 9.20. The molecule has 1 aromatic heterocycles. The van der Waals surface area contributed by atoms with E-state index in [4.69, 9.17) is 16.0 Å². The molecular formula is C16H20ClNO. The fraction of sp³-hybridized carbons (Fsp3) is 0.375. The Hall–Kier alpha value is -1.25. The minimum Gasteiger partial charge on any atom is -0.456 e. The molecule has 1 heterocycles. The van der Waals surface area contributed by atoms with Crippen LogP contribution in [0.5, 0.6) is 0 Å². The summed E-state index contributed by atoms with van der Waals surface area (Å²) in [6.45, 7) is 6.35. The molecule has 19 heavy (non-hydrogen) atoms. The number of hydrogen-bond donors (Lipinski definition) is 1. The van der Waals surface area contributed by atoms with Gasteiger partial charge in [-0.1, -0.05) is 24.6 Å². The highest BCUT2D eigenvalue weighted by atomic mass is 35.5. The first kappa shape index (κ1) is 14.2. The zero-order valence-corrected chi connectivity index (χ0v) is 12.3. The number of hydrogen-bond acceptors (Lipinski definition) is 2. The van der Waals surface area contributed by atoms with Gasteiger partial charge in [0, 0.05) is 10.4 Å². The average molecular weight is 278 g/mol. The van der Waals surface area contributed by atoms with Gasteiger partial charge in [0.1, 0.15) is 11.3 Å². The summed E-state index contributed by atoms with van der Waals surface area (Å²) in [5.74, 6) is 0.924. The Labute approximate surface area is 119 Å². The highest BCUT2D eigenvalue weighted by molar-refractivity contribution is 6.31. The molecule has 0 spiro atoms. The first-order valence-electron chi connectivity index (χ1n) is 6.77. The van der Waals surface area contributed by atoms with E-state index in [1.54, 1.807) is 0 Å². The van der Waals surface area contributed by atoms with Crippen LogP contribution in [0.15, 0.2) is 34.8 Å². The molecule has 0 atom stereocenters. The Morgan fingerprint density at radius 1 is 1.32 bits per heavy atom. The predicted octanol–water partition coefficient (Wildman–Crippen LogP) is 4.88. The molecule has 0 saturated heterocycles. The van der Waals surface area contributed by atoms with E-state index in [9.17, 15) is 0 Å². The highest BCUT2D eigenvalue weighted by Crippen LogP contribution is 2.26. The van der Waals surface area contributed by atoms with Crippen molar-refractivity contribution < 1.29 is 4.42 Å². The molecule has 0 amide bonds. The maximum Gasteiger partial charge on any atom is 0.134 e. The smallest absolute Gasteiger partial charge is 0.134 e. The van der Waals surface area contributed by atoms with Crippen molar-refractivity contribution in [2.24, 2.45) is 0 Å². The van der Waals surface area contributed by atoms with Crippen LogP contribution in [-0.2, 0) is 0 Å². The molecule has 0 radical (unpaired) electrons. The first-order valence-corrected chi connectivity index (χ1v) is 7.15. The van der Waals surface area contributed by atoms with Crippen molar-refractivity contribution in [3.05, 3.63) is 41.1 Å². The molecule has 0 saturated carbocycles. The molecule has 1 aromatic carbocycles. The standard InChI is InChI=1S/C16H20ClNO/c1-3-8-18-9-4-5-12(2)16-11-13-10-14(17)6-7-15(13)19-16/h5-7,10-11,18H,3-4,8-9H2,1-2H3/b12-5-. The zero-order chi connectivity index (χ0) is 13.7. The SMILES string of the molecule is CCCNCC/C=C(/C)c1cc2cc(Cl)ccc2o1. The number of furan rings is 1. The Morgan fingerprint density at radius 3 is 2.95 bits per heavy atom. The van der Waals surface area contributed by atoms with Crippen LogP contribution in [0.3, 0.4) is 0 Å². The Kier molecular flexibility index (Phi) is 5.06. The van der Waals surface area contributed by atoms with Crippen LogP contribution >= 0.6 is 11.6 Å². The minimum atomic E-state index is 0.741. The number of fused-ring (bicyclic) bond motifs is 1. The summed E-state index contributed by atoms with van der Waals surface area (Å²) in [4.78, 5) is 0. The van der Waals surface area contributed by atoms with Gasteiger partial charge in [0.2, 0.25) is 0 Å². The van der Waals surface area contributed by atoms with Crippen LogP contribution in [0.1, 0.15) is 32.4 Å². The highest BCUT2D eigenvalue weighted by Gasteiger charge is 2.05. The minimum absolute atomic E-state index is 0.741. The van der Waals surface area contributed by atoms with Gasteiger partial charge >= 0.3 is 0 Å². The van der Waals surface area contributed by atoms with E-state index in [0.29, 0.717) is 0 Å². The van der Waals surface area contributed by atoms with Gasteiger partial charge in [-0.3, -0.25) is 0 Å². The van der Waals surface area contributed by atoms with Gasteiger partial charge in [-0.25, -0.2) is 0 Å². The van der Waals surface area contributed by atoms with Crippen molar-refractivity contribution in [1.29, 1.82) is 0 Å². The molecule has 0 aliphatic rings. The molecule has 0 aliphatic heterocycles. The molecule has 2 nitrogen and oxygen atoms in total. The Bertz CT molecular complexity index is 571. The summed E-state index contributed by atoms with van der Waals surface area (Å²) in [7, 11) is 0. The van der Waals surface area contributed by atoms with Crippen LogP contribution in [0.25, 0.3) is 16.5 Å². The molecule has 3 heteroatoms. The summed E-state index contributed by atoms with van der Waals surface area (Å²) >= 11 is 5.98. The number of allylic oxidation sites excluding steroid dienone is 1. The lowest BCUT2D eigenvalue weighted by molar-refractivity contribution is 0.598. The monoisotopic (exact) mass is 277 g/mol. The summed E-state index contributed by atoms with van der Waals surface area (Å²) in [5.41, 5.74) is 2.06. The Morgan fingerprint density at radius 2 is 2.16 bits per heavy atom. The van der Waals surface area contributed by atoms with Crippen molar-refractivity contribution in [1.82, 2.24) is 5.32 Å². The third-order valence-electron chi connectivity index (χ3n) is 3.07. The number of benzene rings is 1. The molecule has 1 N–H and O–H groups in total. The van der Waals surface area contributed by atoms with Gasteiger partial charge < -0.3 is 9.73 Å². The molecule has 0 fully saturated rings. The second kappa shape index (κ2) is 6.78. The summed E-state index contributed by atoms with van der Waals surface area (Å²) < 4.78 is 5.82.